The molecule has 3 rings (SSSR count). The molecule has 0 saturated heterocycles. The summed E-state index contributed by atoms with van der Waals surface area (Å²) in [6.45, 7) is 0. The SMILES string of the molecule is O=C(O)c1cnc2cccnc2c1C1CC1. The Hall–Kier alpha value is -1.97. The lowest BCUT2D eigenvalue weighted by Crippen LogP contribution is -2.04. The van der Waals surface area contributed by atoms with Gasteiger partial charge in [0.15, 0.2) is 0 Å². The van der Waals surface area contributed by atoms with Gasteiger partial charge in [0.2, 0.25) is 0 Å². The fourth-order valence-corrected chi connectivity index (χ4v) is 2.00. The molecule has 0 aromatic carbocycles. The van der Waals surface area contributed by atoms with Gasteiger partial charge in [-0.1, -0.05) is 0 Å². The van der Waals surface area contributed by atoms with Crippen LogP contribution in [0.3, 0.4) is 0 Å². The topological polar surface area (TPSA) is 63.1 Å². The second kappa shape index (κ2) is 3.27. The Morgan fingerprint density at radius 2 is 2.19 bits per heavy atom. The van der Waals surface area contributed by atoms with Crippen LogP contribution in [-0.2, 0) is 0 Å². The third-order valence-corrected chi connectivity index (χ3v) is 2.88. The van der Waals surface area contributed by atoms with E-state index in [9.17, 15) is 4.79 Å². The zero-order valence-electron chi connectivity index (χ0n) is 8.55. The highest BCUT2D eigenvalue weighted by atomic mass is 16.4. The molecular weight excluding hydrogens is 204 g/mol. The molecular formula is C12H10N2O2. The van der Waals surface area contributed by atoms with E-state index in [1.807, 2.05) is 12.1 Å². The monoisotopic (exact) mass is 214 g/mol. The van der Waals surface area contributed by atoms with Crippen LogP contribution in [0.25, 0.3) is 11.0 Å². The molecule has 0 radical (unpaired) electrons. The number of hydrogen-bond donors (Lipinski definition) is 1. The van der Waals surface area contributed by atoms with E-state index in [0.29, 0.717) is 11.5 Å². The molecule has 1 N–H and O–H groups in total. The van der Waals surface area contributed by atoms with E-state index in [0.717, 1.165) is 29.4 Å². The van der Waals surface area contributed by atoms with Gasteiger partial charge in [0, 0.05) is 12.4 Å². The van der Waals surface area contributed by atoms with Crippen molar-refractivity contribution in [2.75, 3.05) is 0 Å². The summed E-state index contributed by atoms with van der Waals surface area (Å²) < 4.78 is 0. The molecule has 0 spiro atoms. The number of hydrogen-bond acceptors (Lipinski definition) is 3. The lowest BCUT2D eigenvalue weighted by molar-refractivity contribution is 0.0695. The highest BCUT2D eigenvalue weighted by molar-refractivity contribution is 5.95. The van der Waals surface area contributed by atoms with Crippen molar-refractivity contribution < 1.29 is 9.90 Å². The largest absolute Gasteiger partial charge is 0.478 e. The zero-order valence-corrected chi connectivity index (χ0v) is 8.55. The van der Waals surface area contributed by atoms with Crippen molar-refractivity contribution in [1.82, 2.24) is 9.97 Å². The summed E-state index contributed by atoms with van der Waals surface area (Å²) >= 11 is 0. The molecule has 80 valence electrons. The Balaban J connectivity index is 2.35. The molecule has 2 aromatic heterocycles. The zero-order chi connectivity index (χ0) is 11.1. The van der Waals surface area contributed by atoms with E-state index in [4.69, 9.17) is 5.11 Å². The molecule has 0 unspecified atom stereocenters. The van der Waals surface area contributed by atoms with Crippen LogP contribution in [0, 0.1) is 0 Å². The summed E-state index contributed by atoms with van der Waals surface area (Å²) in [7, 11) is 0. The molecule has 0 bridgehead atoms. The number of nitrogens with zero attached hydrogens (tertiary/aromatic N) is 2. The fraction of sp³-hybridized carbons (Fsp3) is 0.250. The van der Waals surface area contributed by atoms with E-state index in [2.05, 4.69) is 9.97 Å². The highest BCUT2D eigenvalue weighted by Gasteiger charge is 2.30. The molecule has 1 aliphatic rings. The van der Waals surface area contributed by atoms with Gasteiger partial charge in [-0.05, 0) is 36.5 Å². The maximum Gasteiger partial charge on any atom is 0.337 e. The Morgan fingerprint density at radius 3 is 2.88 bits per heavy atom. The number of rotatable bonds is 2. The van der Waals surface area contributed by atoms with Crippen molar-refractivity contribution in [3.8, 4) is 0 Å². The molecule has 0 amide bonds. The van der Waals surface area contributed by atoms with Crippen molar-refractivity contribution in [2.24, 2.45) is 0 Å². The number of aromatic carboxylic acids is 1. The third kappa shape index (κ3) is 1.34. The minimum Gasteiger partial charge on any atom is -0.478 e. The van der Waals surface area contributed by atoms with Gasteiger partial charge in [-0.15, -0.1) is 0 Å². The van der Waals surface area contributed by atoms with Crippen LogP contribution in [0.5, 0.6) is 0 Å². The molecule has 1 fully saturated rings. The first kappa shape index (κ1) is 9.27. The van der Waals surface area contributed by atoms with E-state index in [1.54, 1.807) is 6.20 Å². The molecule has 4 nitrogen and oxygen atoms in total. The molecule has 2 aromatic rings. The first-order valence-corrected chi connectivity index (χ1v) is 5.24. The maximum absolute atomic E-state index is 11.1. The molecule has 0 aliphatic heterocycles. The van der Waals surface area contributed by atoms with Crippen LogP contribution >= 0.6 is 0 Å². The van der Waals surface area contributed by atoms with Crippen LogP contribution in [0.2, 0.25) is 0 Å². The predicted octanol–water partition coefficient (Wildman–Crippen LogP) is 2.21. The average molecular weight is 214 g/mol. The quantitative estimate of drug-likeness (QED) is 0.832. The van der Waals surface area contributed by atoms with Crippen LogP contribution in [-0.4, -0.2) is 21.0 Å². The predicted molar refractivity (Wildman–Crippen MR) is 58.5 cm³/mol. The summed E-state index contributed by atoms with van der Waals surface area (Å²) in [6, 6.07) is 3.67. The molecule has 1 saturated carbocycles. The van der Waals surface area contributed by atoms with E-state index < -0.39 is 5.97 Å². The first-order valence-electron chi connectivity index (χ1n) is 5.24. The Kier molecular flexibility index (Phi) is 1.89. The fourth-order valence-electron chi connectivity index (χ4n) is 2.00. The highest BCUT2D eigenvalue weighted by Crippen LogP contribution is 2.43. The number of aromatic nitrogens is 2. The van der Waals surface area contributed by atoms with E-state index >= 15 is 0 Å². The molecule has 4 heteroatoms. The van der Waals surface area contributed by atoms with Gasteiger partial charge in [-0.3, -0.25) is 9.97 Å². The van der Waals surface area contributed by atoms with Gasteiger partial charge >= 0.3 is 5.97 Å². The van der Waals surface area contributed by atoms with Gasteiger partial charge in [-0.25, -0.2) is 4.79 Å². The second-order valence-electron chi connectivity index (χ2n) is 4.04. The van der Waals surface area contributed by atoms with E-state index in [-0.39, 0.29) is 0 Å². The number of pyridine rings is 2. The number of carboxylic acid groups (broad SMARTS) is 1. The molecule has 16 heavy (non-hydrogen) atoms. The lowest BCUT2D eigenvalue weighted by Gasteiger charge is -2.07. The lowest BCUT2D eigenvalue weighted by atomic mass is 10.0. The summed E-state index contributed by atoms with van der Waals surface area (Å²) in [5, 5.41) is 9.13. The van der Waals surface area contributed by atoms with Crippen molar-refractivity contribution >= 4 is 17.0 Å². The second-order valence-corrected chi connectivity index (χ2v) is 4.04. The van der Waals surface area contributed by atoms with Gasteiger partial charge < -0.3 is 5.11 Å². The van der Waals surface area contributed by atoms with Gasteiger partial charge in [0.25, 0.3) is 0 Å². The van der Waals surface area contributed by atoms with Crippen LogP contribution in [0.4, 0.5) is 0 Å². The van der Waals surface area contributed by atoms with Crippen molar-refractivity contribution in [1.29, 1.82) is 0 Å². The Morgan fingerprint density at radius 1 is 1.38 bits per heavy atom. The normalized spacial score (nSPS) is 15.2. The summed E-state index contributed by atoms with van der Waals surface area (Å²) in [5.41, 5.74) is 2.67. The number of fused-ring (bicyclic) bond motifs is 1. The standard InChI is InChI=1S/C12H10N2O2/c15-12(16)8-6-14-9-2-1-5-13-11(9)10(8)7-3-4-7/h1-2,5-7H,3-4H2,(H,15,16). The summed E-state index contributed by atoms with van der Waals surface area (Å²) in [4.78, 5) is 19.5. The molecule has 1 aliphatic carbocycles. The Bertz CT molecular complexity index is 576. The number of carboxylic acids is 1. The van der Waals surface area contributed by atoms with Crippen LogP contribution in [0.1, 0.15) is 34.7 Å². The average Bonchev–Trinajstić information content (AvgIpc) is 3.11. The van der Waals surface area contributed by atoms with E-state index in [1.165, 1.54) is 6.20 Å². The molecule has 2 heterocycles. The van der Waals surface area contributed by atoms with Crippen molar-refractivity contribution in [3.05, 3.63) is 35.7 Å². The van der Waals surface area contributed by atoms with Gasteiger partial charge in [-0.2, -0.15) is 0 Å². The maximum atomic E-state index is 11.1. The Labute approximate surface area is 92.0 Å². The minimum atomic E-state index is -0.915. The first-order chi connectivity index (χ1) is 7.77. The van der Waals surface area contributed by atoms with Crippen LogP contribution < -0.4 is 0 Å². The van der Waals surface area contributed by atoms with Gasteiger partial charge in [0.05, 0.1) is 16.6 Å². The molecule has 0 atom stereocenters. The van der Waals surface area contributed by atoms with Crippen LogP contribution in [0.15, 0.2) is 24.5 Å². The minimum absolute atomic E-state index is 0.300. The van der Waals surface area contributed by atoms with Crippen molar-refractivity contribution in [3.63, 3.8) is 0 Å². The summed E-state index contributed by atoms with van der Waals surface area (Å²) in [6.07, 6.45) is 5.23. The number of carbonyl (C=O) groups is 1. The smallest absolute Gasteiger partial charge is 0.337 e. The van der Waals surface area contributed by atoms with Gasteiger partial charge in [0.1, 0.15) is 0 Å². The third-order valence-electron chi connectivity index (χ3n) is 2.88. The van der Waals surface area contributed by atoms with Crippen molar-refractivity contribution in [2.45, 2.75) is 18.8 Å². The summed E-state index contributed by atoms with van der Waals surface area (Å²) in [5.74, 6) is -0.562.